The molecule has 1 aromatic heterocycles. The van der Waals surface area contributed by atoms with Crippen LogP contribution in [0.5, 0.6) is 5.75 Å². The minimum atomic E-state index is -0.659. The van der Waals surface area contributed by atoms with Crippen molar-refractivity contribution in [2.75, 3.05) is 7.11 Å². The Balaban J connectivity index is 1.53. The Morgan fingerprint density at radius 3 is 2.68 bits per heavy atom. The Morgan fingerprint density at radius 2 is 1.94 bits per heavy atom. The van der Waals surface area contributed by atoms with Crippen LogP contribution in [0.3, 0.4) is 0 Å². The Bertz CT molecular complexity index is 1400. The standard InChI is InChI=1S/C25H21N5O4/c1-29-23(18-9-14(11-26)3-7-21(18)34-2)19(12-27-29)15-4-5-17-16(10-15)13-30(25(17)33)20-6-8-22(31)28-24(20)32/h3-5,7,9-10,12,20H,6,8,13H2,1-2H3,(H,28,31,32). The lowest BCUT2D eigenvalue weighted by molar-refractivity contribution is -0.136. The number of aromatic nitrogens is 2. The summed E-state index contributed by atoms with van der Waals surface area (Å²) >= 11 is 0. The molecule has 3 amide bonds. The van der Waals surface area contributed by atoms with E-state index in [0.717, 1.165) is 27.9 Å². The molecule has 34 heavy (non-hydrogen) atoms. The van der Waals surface area contributed by atoms with Crippen LogP contribution in [0.1, 0.15) is 34.3 Å². The number of rotatable bonds is 4. The molecule has 0 spiro atoms. The number of hydrogen-bond acceptors (Lipinski definition) is 6. The summed E-state index contributed by atoms with van der Waals surface area (Å²) < 4.78 is 7.26. The third-order valence-electron chi connectivity index (χ3n) is 6.36. The minimum Gasteiger partial charge on any atom is -0.496 e. The SMILES string of the molecule is COc1ccc(C#N)cc1-c1c(-c2ccc3c(c2)CN(C2CCC(=O)NC2=O)C3=O)cnn1C. The number of aryl methyl sites for hydroxylation is 1. The van der Waals surface area contributed by atoms with Gasteiger partial charge in [0.25, 0.3) is 5.91 Å². The van der Waals surface area contributed by atoms with Crippen molar-refractivity contribution in [1.29, 1.82) is 5.26 Å². The van der Waals surface area contributed by atoms with Gasteiger partial charge in [0.05, 0.1) is 30.6 Å². The van der Waals surface area contributed by atoms with E-state index in [9.17, 15) is 19.6 Å². The highest BCUT2D eigenvalue weighted by Crippen LogP contribution is 2.39. The molecule has 170 valence electrons. The Kier molecular flexibility index (Phi) is 5.13. The maximum atomic E-state index is 13.0. The van der Waals surface area contributed by atoms with Gasteiger partial charge < -0.3 is 9.64 Å². The van der Waals surface area contributed by atoms with Crippen molar-refractivity contribution >= 4 is 17.7 Å². The molecule has 1 unspecified atom stereocenters. The smallest absolute Gasteiger partial charge is 0.255 e. The predicted octanol–water partition coefficient (Wildman–Crippen LogP) is 2.40. The maximum absolute atomic E-state index is 13.0. The summed E-state index contributed by atoms with van der Waals surface area (Å²) in [5, 5.41) is 16.1. The first-order valence-corrected chi connectivity index (χ1v) is 10.8. The lowest BCUT2D eigenvalue weighted by Gasteiger charge is -2.29. The number of nitrogens with one attached hydrogen (secondary N) is 1. The first-order chi connectivity index (χ1) is 16.4. The van der Waals surface area contributed by atoms with E-state index in [2.05, 4.69) is 16.5 Å². The molecule has 0 saturated carbocycles. The van der Waals surface area contributed by atoms with Gasteiger partial charge in [0.15, 0.2) is 0 Å². The normalized spacial score (nSPS) is 17.4. The molecule has 5 rings (SSSR count). The molecule has 1 atom stereocenters. The molecule has 2 aliphatic rings. The number of fused-ring (bicyclic) bond motifs is 1. The molecule has 0 radical (unpaired) electrons. The van der Waals surface area contributed by atoms with E-state index in [1.807, 2.05) is 19.2 Å². The van der Waals surface area contributed by atoms with Crippen LogP contribution in [-0.2, 0) is 23.2 Å². The lowest BCUT2D eigenvalue weighted by Crippen LogP contribution is -2.52. The highest BCUT2D eigenvalue weighted by atomic mass is 16.5. The van der Waals surface area contributed by atoms with Gasteiger partial charge in [-0.05, 0) is 47.9 Å². The van der Waals surface area contributed by atoms with E-state index >= 15 is 0 Å². The average molecular weight is 455 g/mol. The Hall–Kier alpha value is -4.45. The zero-order chi connectivity index (χ0) is 24.0. The third-order valence-corrected chi connectivity index (χ3v) is 6.36. The molecular formula is C25H21N5O4. The number of ether oxygens (including phenoxy) is 1. The molecule has 2 aliphatic heterocycles. The molecule has 3 heterocycles. The Morgan fingerprint density at radius 1 is 1.12 bits per heavy atom. The molecule has 1 fully saturated rings. The van der Waals surface area contributed by atoms with Crippen LogP contribution in [0.2, 0.25) is 0 Å². The van der Waals surface area contributed by atoms with Gasteiger partial charge in [-0.3, -0.25) is 24.4 Å². The monoisotopic (exact) mass is 455 g/mol. The van der Waals surface area contributed by atoms with Gasteiger partial charge >= 0.3 is 0 Å². The van der Waals surface area contributed by atoms with Gasteiger partial charge in [0.1, 0.15) is 11.8 Å². The first-order valence-electron chi connectivity index (χ1n) is 10.8. The van der Waals surface area contributed by atoms with Crippen molar-refractivity contribution in [3.05, 3.63) is 59.3 Å². The zero-order valence-electron chi connectivity index (χ0n) is 18.7. The predicted molar refractivity (Wildman–Crippen MR) is 121 cm³/mol. The molecule has 0 aliphatic carbocycles. The van der Waals surface area contributed by atoms with Gasteiger partial charge in [-0.15, -0.1) is 0 Å². The van der Waals surface area contributed by atoms with Crippen LogP contribution in [-0.4, -0.2) is 45.6 Å². The summed E-state index contributed by atoms with van der Waals surface area (Å²) in [5.41, 5.74) is 5.04. The highest BCUT2D eigenvalue weighted by molar-refractivity contribution is 6.05. The molecule has 9 heteroatoms. The van der Waals surface area contributed by atoms with Gasteiger partial charge in [-0.2, -0.15) is 10.4 Å². The summed E-state index contributed by atoms with van der Waals surface area (Å²) in [6.07, 6.45) is 2.27. The van der Waals surface area contributed by atoms with Gasteiger partial charge in [-0.1, -0.05) is 6.07 Å². The van der Waals surface area contributed by atoms with E-state index in [1.54, 1.807) is 42.3 Å². The fraction of sp³-hybridized carbons (Fsp3) is 0.240. The quantitative estimate of drug-likeness (QED) is 0.604. The summed E-state index contributed by atoms with van der Waals surface area (Å²) in [4.78, 5) is 38.4. The summed E-state index contributed by atoms with van der Waals surface area (Å²) in [5.74, 6) is -0.348. The van der Waals surface area contributed by atoms with Crippen molar-refractivity contribution in [3.8, 4) is 34.2 Å². The highest BCUT2D eigenvalue weighted by Gasteiger charge is 2.39. The topological polar surface area (TPSA) is 117 Å². The summed E-state index contributed by atoms with van der Waals surface area (Å²) in [7, 11) is 3.39. The van der Waals surface area contributed by atoms with Crippen LogP contribution in [0.4, 0.5) is 0 Å². The number of benzene rings is 2. The Labute approximate surface area is 195 Å². The van der Waals surface area contributed by atoms with Crippen molar-refractivity contribution in [2.24, 2.45) is 7.05 Å². The third kappa shape index (κ3) is 3.40. The fourth-order valence-electron chi connectivity index (χ4n) is 4.67. The van der Waals surface area contributed by atoms with Crippen molar-refractivity contribution in [3.63, 3.8) is 0 Å². The van der Waals surface area contributed by atoms with Crippen molar-refractivity contribution in [1.82, 2.24) is 20.0 Å². The number of methoxy groups -OCH3 is 1. The average Bonchev–Trinajstić information content (AvgIpc) is 3.38. The summed E-state index contributed by atoms with van der Waals surface area (Å²) in [6.45, 7) is 0.289. The van der Waals surface area contributed by atoms with E-state index in [4.69, 9.17) is 4.74 Å². The fourth-order valence-corrected chi connectivity index (χ4v) is 4.67. The number of imide groups is 1. The molecule has 3 aromatic rings. The second-order valence-corrected chi connectivity index (χ2v) is 8.33. The van der Waals surface area contributed by atoms with E-state index < -0.39 is 11.9 Å². The molecule has 9 nitrogen and oxygen atoms in total. The number of carbonyl (C=O) groups excluding carboxylic acids is 3. The van der Waals surface area contributed by atoms with Crippen LogP contribution >= 0.6 is 0 Å². The molecule has 1 N–H and O–H groups in total. The minimum absolute atomic E-state index is 0.213. The molecule has 0 bridgehead atoms. The number of nitriles is 1. The molecule has 2 aromatic carbocycles. The maximum Gasteiger partial charge on any atom is 0.255 e. The number of hydrogen-bond donors (Lipinski definition) is 1. The number of carbonyl (C=O) groups is 3. The van der Waals surface area contributed by atoms with Gasteiger partial charge in [-0.25, -0.2) is 0 Å². The van der Waals surface area contributed by atoms with Crippen LogP contribution in [0, 0.1) is 11.3 Å². The second kappa shape index (κ2) is 8.15. The zero-order valence-corrected chi connectivity index (χ0v) is 18.7. The number of nitrogens with zero attached hydrogens (tertiary/aromatic N) is 4. The first kappa shape index (κ1) is 21.4. The number of amides is 3. The second-order valence-electron chi connectivity index (χ2n) is 8.33. The van der Waals surface area contributed by atoms with E-state index in [0.29, 0.717) is 23.3 Å². The van der Waals surface area contributed by atoms with Gasteiger partial charge in [0.2, 0.25) is 11.8 Å². The summed E-state index contributed by atoms with van der Waals surface area (Å²) in [6, 6.07) is 12.3. The van der Waals surface area contributed by atoms with Crippen LogP contribution < -0.4 is 10.1 Å². The van der Waals surface area contributed by atoms with Gasteiger partial charge in [0, 0.05) is 36.7 Å². The van der Waals surface area contributed by atoms with Crippen molar-refractivity contribution in [2.45, 2.75) is 25.4 Å². The molecular weight excluding hydrogens is 434 g/mol. The van der Waals surface area contributed by atoms with E-state index in [1.165, 1.54) is 4.90 Å². The molecule has 1 saturated heterocycles. The lowest BCUT2D eigenvalue weighted by atomic mass is 9.97. The number of piperidine rings is 1. The van der Waals surface area contributed by atoms with Crippen molar-refractivity contribution < 1.29 is 19.1 Å². The van der Waals surface area contributed by atoms with Crippen LogP contribution in [0.25, 0.3) is 22.4 Å². The van der Waals surface area contributed by atoms with Crippen LogP contribution in [0.15, 0.2) is 42.6 Å². The largest absolute Gasteiger partial charge is 0.496 e. The van der Waals surface area contributed by atoms with E-state index in [-0.39, 0.29) is 24.8 Å².